The van der Waals surface area contributed by atoms with Crippen LogP contribution in [0.5, 0.6) is 5.75 Å². The lowest BCUT2D eigenvalue weighted by atomic mass is 10.1. The van der Waals surface area contributed by atoms with Crippen LogP contribution in [0.2, 0.25) is 5.02 Å². The van der Waals surface area contributed by atoms with E-state index < -0.39 is 11.7 Å². The maximum Gasteiger partial charge on any atom is 0.418 e. The molecule has 2 rings (SSSR count). The number of phenols is 1. The third-order valence-corrected chi connectivity index (χ3v) is 3.32. The number of aryl methyl sites for hydroxylation is 1. The third-order valence-electron chi connectivity index (χ3n) is 3.01. The summed E-state index contributed by atoms with van der Waals surface area (Å²) in [7, 11) is 0. The Labute approximate surface area is 125 Å². The van der Waals surface area contributed by atoms with E-state index in [9.17, 15) is 18.3 Å². The first-order chi connectivity index (χ1) is 9.79. The molecule has 112 valence electrons. The molecule has 0 unspecified atom stereocenters. The number of anilines is 1. The first kappa shape index (κ1) is 15.5. The van der Waals surface area contributed by atoms with Crippen molar-refractivity contribution in [3.63, 3.8) is 0 Å². The maximum absolute atomic E-state index is 12.9. The van der Waals surface area contributed by atoms with Gasteiger partial charge in [-0.25, -0.2) is 0 Å². The number of aromatic hydroxyl groups is 1. The Morgan fingerprint density at radius 3 is 2.57 bits per heavy atom. The molecule has 2 N–H and O–H groups in total. The van der Waals surface area contributed by atoms with Crippen molar-refractivity contribution in [3.8, 4) is 5.75 Å². The summed E-state index contributed by atoms with van der Waals surface area (Å²) in [4.78, 5) is 0. The van der Waals surface area contributed by atoms with Crippen molar-refractivity contribution in [1.82, 2.24) is 0 Å². The molecule has 0 heterocycles. The largest absolute Gasteiger partial charge is 0.508 e. The normalized spacial score (nSPS) is 11.5. The number of alkyl halides is 3. The summed E-state index contributed by atoms with van der Waals surface area (Å²) in [6, 6.07) is 8.52. The molecule has 0 radical (unpaired) electrons. The number of nitrogens with one attached hydrogen (secondary N) is 1. The van der Waals surface area contributed by atoms with Gasteiger partial charge in [0.1, 0.15) is 5.75 Å². The van der Waals surface area contributed by atoms with Gasteiger partial charge in [0.2, 0.25) is 0 Å². The second kappa shape index (κ2) is 5.85. The average molecular weight is 316 g/mol. The van der Waals surface area contributed by atoms with Crippen LogP contribution in [0.3, 0.4) is 0 Å². The molecule has 0 aliphatic carbocycles. The van der Waals surface area contributed by atoms with E-state index in [4.69, 9.17) is 11.6 Å². The van der Waals surface area contributed by atoms with Gasteiger partial charge in [-0.2, -0.15) is 13.2 Å². The van der Waals surface area contributed by atoms with Crippen LogP contribution in [0, 0.1) is 6.92 Å². The zero-order valence-electron chi connectivity index (χ0n) is 11.1. The predicted octanol–water partition coefficient (Wildman–Crippen LogP) is 4.98. The lowest BCUT2D eigenvalue weighted by molar-refractivity contribution is -0.136. The molecule has 0 bridgehead atoms. The zero-order chi connectivity index (χ0) is 15.6. The van der Waals surface area contributed by atoms with Gasteiger partial charge in [0.05, 0.1) is 16.3 Å². The third kappa shape index (κ3) is 3.61. The number of hydrogen-bond donors (Lipinski definition) is 2. The first-order valence-corrected chi connectivity index (χ1v) is 6.55. The number of phenolic OH excluding ortho intramolecular Hbond substituents is 1. The van der Waals surface area contributed by atoms with E-state index >= 15 is 0 Å². The highest BCUT2D eigenvalue weighted by Crippen LogP contribution is 2.38. The Hall–Kier alpha value is -1.88. The van der Waals surface area contributed by atoms with Gasteiger partial charge in [0.25, 0.3) is 0 Å². The molecule has 0 saturated carbocycles. The minimum absolute atomic E-state index is 0.0167. The lowest BCUT2D eigenvalue weighted by Crippen LogP contribution is -2.11. The second-order valence-corrected chi connectivity index (χ2v) is 5.05. The van der Waals surface area contributed by atoms with Crippen molar-refractivity contribution in [2.45, 2.75) is 19.6 Å². The Balaban J connectivity index is 2.30. The number of benzene rings is 2. The smallest absolute Gasteiger partial charge is 0.418 e. The quantitative estimate of drug-likeness (QED) is 0.836. The van der Waals surface area contributed by atoms with Gasteiger partial charge in [-0.05, 0) is 25.1 Å². The van der Waals surface area contributed by atoms with Gasteiger partial charge in [0.15, 0.2) is 0 Å². The van der Waals surface area contributed by atoms with E-state index in [0.717, 1.165) is 11.6 Å². The maximum atomic E-state index is 12.9. The van der Waals surface area contributed by atoms with Crippen molar-refractivity contribution in [2.75, 3.05) is 5.32 Å². The molecule has 0 aromatic heterocycles. The molecule has 0 atom stereocenters. The fourth-order valence-corrected chi connectivity index (χ4v) is 2.22. The number of rotatable bonds is 3. The number of para-hydroxylation sites is 1. The SMILES string of the molecule is Cc1ccc(O)c(CNc2c(Cl)cccc2C(F)(F)F)c1. The Kier molecular flexibility index (Phi) is 4.32. The highest BCUT2D eigenvalue weighted by molar-refractivity contribution is 6.33. The Morgan fingerprint density at radius 1 is 1.19 bits per heavy atom. The summed E-state index contributed by atoms with van der Waals surface area (Å²) in [5.41, 5.74) is 0.387. The molecular weight excluding hydrogens is 303 g/mol. The minimum Gasteiger partial charge on any atom is -0.508 e. The van der Waals surface area contributed by atoms with E-state index in [2.05, 4.69) is 5.32 Å². The van der Waals surface area contributed by atoms with Gasteiger partial charge in [-0.3, -0.25) is 0 Å². The summed E-state index contributed by atoms with van der Waals surface area (Å²) < 4.78 is 38.8. The van der Waals surface area contributed by atoms with Gasteiger partial charge >= 0.3 is 6.18 Å². The Bertz CT molecular complexity index is 656. The van der Waals surface area contributed by atoms with Gasteiger partial charge in [-0.15, -0.1) is 0 Å². The first-order valence-electron chi connectivity index (χ1n) is 6.17. The van der Waals surface area contributed by atoms with Crippen LogP contribution in [-0.4, -0.2) is 5.11 Å². The van der Waals surface area contributed by atoms with E-state index in [1.165, 1.54) is 18.2 Å². The molecule has 0 saturated heterocycles. The minimum atomic E-state index is -4.50. The van der Waals surface area contributed by atoms with Crippen LogP contribution in [0.1, 0.15) is 16.7 Å². The highest BCUT2D eigenvalue weighted by Gasteiger charge is 2.34. The summed E-state index contributed by atoms with van der Waals surface area (Å²) in [5.74, 6) is 0.0220. The van der Waals surface area contributed by atoms with E-state index in [1.54, 1.807) is 12.1 Å². The molecule has 0 spiro atoms. The van der Waals surface area contributed by atoms with Gasteiger partial charge in [0, 0.05) is 12.1 Å². The van der Waals surface area contributed by atoms with Crippen LogP contribution in [0.15, 0.2) is 36.4 Å². The second-order valence-electron chi connectivity index (χ2n) is 4.65. The van der Waals surface area contributed by atoms with E-state index in [-0.39, 0.29) is 23.0 Å². The standard InChI is InChI=1S/C15H13ClF3NO/c1-9-5-6-13(21)10(7-9)8-20-14-11(15(17,18)19)3-2-4-12(14)16/h2-7,20-21H,8H2,1H3. The van der Waals surface area contributed by atoms with Crippen LogP contribution >= 0.6 is 11.6 Å². The molecule has 2 aromatic rings. The van der Waals surface area contributed by atoms with Crippen molar-refractivity contribution in [1.29, 1.82) is 0 Å². The molecule has 2 aromatic carbocycles. The molecule has 2 nitrogen and oxygen atoms in total. The van der Waals surface area contributed by atoms with Crippen LogP contribution in [-0.2, 0) is 12.7 Å². The van der Waals surface area contributed by atoms with E-state index in [0.29, 0.717) is 5.56 Å². The average Bonchev–Trinajstić information content (AvgIpc) is 2.39. The fourth-order valence-electron chi connectivity index (χ4n) is 1.98. The zero-order valence-corrected chi connectivity index (χ0v) is 11.9. The van der Waals surface area contributed by atoms with Crippen molar-refractivity contribution in [2.24, 2.45) is 0 Å². The summed E-state index contributed by atoms with van der Waals surface area (Å²) in [5, 5.41) is 12.4. The molecule has 0 amide bonds. The van der Waals surface area contributed by atoms with Gasteiger partial charge in [-0.1, -0.05) is 35.4 Å². The van der Waals surface area contributed by atoms with Crippen molar-refractivity contribution >= 4 is 17.3 Å². The number of halogens is 4. The Morgan fingerprint density at radius 2 is 1.90 bits per heavy atom. The monoisotopic (exact) mass is 315 g/mol. The molecular formula is C15H13ClF3NO. The summed E-state index contributed by atoms with van der Waals surface area (Å²) in [6.45, 7) is 1.87. The van der Waals surface area contributed by atoms with Crippen LogP contribution in [0.4, 0.5) is 18.9 Å². The van der Waals surface area contributed by atoms with E-state index in [1.807, 2.05) is 6.92 Å². The van der Waals surface area contributed by atoms with Gasteiger partial charge < -0.3 is 10.4 Å². The summed E-state index contributed by atoms with van der Waals surface area (Å²) >= 11 is 5.85. The molecule has 21 heavy (non-hydrogen) atoms. The van der Waals surface area contributed by atoms with Crippen LogP contribution < -0.4 is 5.32 Å². The topological polar surface area (TPSA) is 32.3 Å². The molecule has 6 heteroatoms. The van der Waals surface area contributed by atoms with Crippen molar-refractivity contribution < 1.29 is 18.3 Å². The van der Waals surface area contributed by atoms with Crippen LogP contribution in [0.25, 0.3) is 0 Å². The molecule has 0 aliphatic rings. The predicted molar refractivity (Wildman–Crippen MR) is 76.6 cm³/mol. The fraction of sp³-hybridized carbons (Fsp3) is 0.200. The number of hydrogen-bond acceptors (Lipinski definition) is 2. The lowest BCUT2D eigenvalue weighted by Gasteiger charge is -2.16. The molecule has 0 fully saturated rings. The highest BCUT2D eigenvalue weighted by atomic mass is 35.5. The molecule has 0 aliphatic heterocycles. The van der Waals surface area contributed by atoms with Crippen molar-refractivity contribution in [3.05, 3.63) is 58.1 Å². The summed E-state index contributed by atoms with van der Waals surface area (Å²) in [6.07, 6.45) is -4.50.